The third kappa shape index (κ3) is 7.25. The van der Waals surface area contributed by atoms with Crippen molar-refractivity contribution < 1.29 is 13.2 Å². The number of nitrogens with one attached hydrogen (secondary N) is 2. The van der Waals surface area contributed by atoms with E-state index in [9.17, 15) is 13.2 Å². The second-order valence-electron chi connectivity index (χ2n) is 4.87. The van der Waals surface area contributed by atoms with Crippen molar-refractivity contribution in [3.05, 3.63) is 35.9 Å². The minimum Gasteiger partial charge on any atom is -0.356 e. The zero-order chi connectivity index (χ0) is 15.0. The predicted molar refractivity (Wildman–Crippen MR) is 79.9 cm³/mol. The van der Waals surface area contributed by atoms with Crippen LogP contribution in [0, 0.1) is 0 Å². The highest BCUT2D eigenvalue weighted by atomic mass is 32.2. The van der Waals surface area contributed by atoms with Crippen LogP contribution in [0.15, 0.2) is 30.3 Å². The molecule has 0 fully saturated rings. The Morgan fingerprint density at radius 1 is 1.20 bits per heavy atom. The molecule has 1 aromatic rings. The van der Waals surface area contributed by atoms with Gasteiger partial charge in [-0.2, -0.15) is 0 Å². The summed E-state index contributed by atoms with van der Waals surface area (Å²) in [6, 6.07) is 10.1. The summed E-state index contributed by atoms with van der Waals surface area (Å²) in [6.45, 7) is 2.85. The number of sulfonamides is 1. The lowest BCUT2D eigenvalue weighted by molar-refractivity contribution is -0.120. The summed E-state index contributed by atoms with van der Waals surface area (Å²) in [4.78, 5) is 11.5. The fourth-order valence-corrected chi connectivity index (χ4v) is 2.29. The first kappa shape index (κ1) is 16.7. The first-order valence-corrected chi connectivity index (χ1v) is 8.54. The van der Waals surface area contributed by atoms with E-state index < -0.39 is 10.0 Å². The molecule has 0 saturated heterocycles. The third-order valence-electron chi connectivity index (χ3n) is 2.98. The van der Waals surface area contributed by atoms with E-state index in [1.807, 2.05) is 18.2 Å². The number of hydrogen-bond donors (Lipinski definition) is 2. The van der Waals surface area contributed by atoms with E-state index in [1.165, 1.54) is 5.56 Å². The molecule has 0 aliphatic heterocycles. The second kappa shape index (κ2) is 8.01. The van der Waals surface area contributed by atoms with Gasteiger partial charge in [-0.15, -0.1) is 0 Å². The van der Waals surface area contributed by atoms with Gasteiger partial charge in [0.1, 0.15) is 0 Å². The van der Waals surface area contributed by atoms with Gasteiger partial charge in [-0.1, -0.05) is 37.3 Å². The Morgan fingerprint density at radius 2 is 1.85 bits per heavy atom. The molecule has 0 spiro atoms. The third-order valence-corrected chi connectivity index (χ3v) is 3.71. The molecule has 0 unspecified atom stereocenters. The molecule has 2 N–H and O–H groups in total. The summed E-state index contributed by atoms with van der Waals surface area (Å²) in [5.41, 5.74) is 1.25. The highest BCUT2D eigenvalue weighted by Gasteiger charge is 2.07. The Labute approximate surface area is 120 Å². The van der Waals surface area contributed by atoms with Crippen molar-refractivity contribution in [2.45, 2.75) is 25.7 Å². The van der Waals surface area contributed by atoms with Gasteiger partial charge in [0, 0.05) is 19.5 Å². The average Bonchev–Trinajstić information content (AvgIpc) is 2.38. The monoisotopic (exact) mass is 298 g/mol. The van der Waals surface area contributed by atoms with E-state index in [2.05, 4.69) is 29.1 Å². The Kier molecular flexibility index (Phi) is 6.67. The standard InChI is InChI=1S/C14H22N2O3S/c1-12(13-6-4-3-5-7-13)8-10-15-14(17)9-11-16-20(2,18)19/h3-7,12,16H,8-11H2,1-2H3,(H,15,17)/t12-/m0/s1. The van der Waals surface area contributed by atoms with Crippen molar-refractivity contribution in [2.75, 3.05) is 19.3 Å². The molecule has 0 bridgehead atoms. The zero-order valence-electron chi connectivity index (χ0n) is 11.9. The molecule has 1 rings (SSSR count). The van der Waals surface area contributed by atoms with Crippen LogP contribution in [0.1, 0.15) is 31.2 Å². The van der Waals surface area contributed by atoms with Crippen LogP contribution in [-0.4, -0.2) is 33.7 Å². The molecular weight excluding hydrogens is 276 g/mol. The van der Waals surface area contributed by atoms with Crippen LogP contribution in [0.5, 0.6) is 0 Å². The molecule has 0 aliphatic rings. The molecule has 20 heavy (non-hydrogen) atoms. The molecule has 0 heterocycles. The van der Waals surface area contributed by atoms with Gasteiger partial charge in [-0.3, -0.25) is 4.79 Å². The summed E-state index contributed by atoms with van der Waals surface area (Å²) in [5, 5.41) is 2.80. The molecule has 1 amide bonds. The fraction of sp³-hybridized carbons (Fsp3) is 0.500. The fourth-order valence-electron chi connectivity index (χ4n) is 1.81. The zero-order valence-corrected chi connectivity index (χ0v) is 12.7. The van der Waals surface area contributed by atoms with Gasteiger partial charge >= 0.3 is 0 Å². The van der Waals surface area contributed by atoms with E-state index in [-0.39, 0.29) is 18.9 Å². The van der Waals surface area contributed by atoms with Crippen molar-refractivity contribution >= 4 is 15.9 Å². The van der Waals surface area contributed by atoms with E-state index >= 15 is 0 Å². The lowest BCUT2D eigenvalue weighted by atomic mass is 9.98. The molecule has 0 aromatic heterocycles. The summed E-state index contributed by atoms with van der Waals surface area (Å²) in [7, 11) is -3.22. The van der Waals surface area contributed by atoms with Gasteiger partial charge in [-0.05, 0) is 17.9 Å². The average molecular weight is 298 g/mol. The quantitative estimate of drug-likeness (QED) is 0.758. The first-order chi connectivity index (χ1) is 9.38. The van der Waals surface area contributed by atoms with Crippen molar-refractivity contribution in [2.24, 2.45) is 0 Å². The molecule has 1 atom stereocenters. The molecule has 0 saturated carbocycles. The van der Waals surface area contributed by atoms with Gasteiger partial charge in [-0.25, -0.2) is 13.1 Å². The minimum absolute atomic E-state index is 0.138. The van der Waals surface area contributed by atoms with E-state index in [0.29, 0.717) is 12.5 Å². The summed E-state index contributed by atoms with van der Waals surface area (Å²) in [5.74, 6) is 0.243. The lowest BCUT2D eigenvalue weighted by Gasteiger charge is -2.12. The van der Waals surface area contributed by atoms with Gasteiger partial charge in [0.25, 0.3) is 0 Å². The van der Waals surface area contributed by atoms with E-state index in [4.69, 9.17) is 0 Å². The summed E-state index contributed by atoms with van der Waals surface area (Å²) < 4.78 is 23.9. The molecule has 5 nitrogen and oxygen atoms in total. The van der Waals surface area contributed by atoms with Crippen LogP contribution in [-0.2, 0) is 14.8 Å². The van der Waals surface area contributed by atoms with Crippen molar-refractivity contribution in [1.29, 1.82) is 0 Å². The Bertz CT molecular complexity index is 514. The summed E-state index contributed by atoms with van der Waals surface area (Å²) >= 11 is 0. The largest absolute Gasteiger partial charge is 0.356 e. The maximum atomic E-state index is 11.5. The number of carbonyl (C=O) groups is 1. The second-order valence-corrected chi connectivity index (χ2v) is 6.70. The SMILES string of the molecule is C[C@@H](CCNC(=O)CCNS(C)(=O)=O)c1ccccc1. The predicted octanol–water partition coefficient (Wildman–Crippen LogP) is 1.24. The lowest BCUT2D eigenvalue weighted by Crippen LogP contribution is -2.30. The van der Waals surface area contributed by atoms with Crippen molar-refractivity contribution in [1.82, 2.24) is 10.0 Å². The van der Waals surface area contributed by atoms with Gasteiger partial charge in [0.05, 0.1) is 6.26 Å². The number of carbonyl (C=O) groups excluding carboxylic acids is 1. The van der Waals surface area contributed by atoms with E-state index in [1.54, 1.807) is 0 Å². The van der Waals surface area contributed by atoms with Crippen LogP contribution < -0.4 is 10.0 Å². The highest BCUT2D eigenvalue weighted by molar-refractivity contribution is 7.88. The van der Waals surface area contributed by atoms with Crippen molar-refractivity contribution in [3.8, 4) is 0 Å². The Hall–Kier alpha value is -1.40. The minimum atomic E-state index is -3.22. The van der Waals surface area contributed by atoms with Gasteiger partial charge < -0.3 is 5.32 Å². The number of amides is 1. The molecule has 0 radical (unpaired) electrons. The molecule has 112 valence electrons. The Morgan fingerprint density at radius 3 is 2.45 bits per heavy atom. The number of rotatable bonds is 8. The molecular formula is C14H22N2O3S. The van der Waals surface area contributed by atoms with Crippen LogP contribution in [0.3, 0.4) is 0 Å². The molecule has 0 aliphatic carbocycles. The molecule has 1 aromatic carbocycles. The first-order valence-electron chi connectivity index (χ1n) is 6.65. The van der Waals surface area contributed by atoms with Crippen LogP contribution in [0.2, 0.25) is 0 Å². The van der Waals surface area contributed by atoms with Crippen molar-refractivity contribution in [3.63, 3.8) is 0 Å². The van der Waals surface area contributed by atoms with E-state index in [0.717, 1.165) is 12.7 Å². The van der Waals surface area contributed by atoms with Gasteiger partial charge in [0.15, 0.2) is 0 Å². The highest BCUT2D eigenvalue weighted by Crippen LogP contribution is 2.17. The smallest absolute Gasteiger partial charge is 0.221 e. The maximum absolute atomic E-state index is 11.5. The summed E-state index contributed by atoms with van der Waals surface area (Å²) in [6.07, 6.45) is 2.09. The topological polar surface area (TPSA) is 75.3 Å². The molecule has 6 heteroatoms. The van der Waals surface area contributed by atoms with Crippen LogP contribution in [0.25, 0.3) is 0 Å². The van der Waals surface area contributed by atoms with Crippen LogP contribution in [0.4, 0.5) is 0 Å². The Balaban J connectivity index is 2.19. The number of hydrogen-bond acceptors (Lipinski definition) is 3. The normalized spacial score (nSPS) is 12.9. The number of benzene rings is 1. The van der Waals surface area contributed by atoms with Crippen LogP contribution >= 0.6 is 0 Å². The van der Waals surface area contributed by atoms with Gasteiger partial charge in [0.2, 0.25) is 15.9 Å². The maximum Gasteiger partial charge on any atom is 0.221 e.